The third kappa shape index (κ3) is 5.44. The summed E-state index contributed by atoms with van der Waals surface area (Å²) >= 11 is 1.44. The Balaban J connectivity index is 2.52. The van der Waals surface area contributed by atoms with Crippen molar-refractivity contribution in [2.75, 3.05) is 23.9 Å². The van der Waals surface area contributed by atoms with Crippen LogP contribution >= 0.6 is 11.8 Å². The normalized spacial score (nSPS) is 13.7. The van der Waals surface area contributed by atoms with Crippen molar-refractivity contribution in [2.24, 2.45) is 0 Å². The van der Waals surface area contributed by atoms with E-state index in [1.807, 2.05) is 6.26 Å². The molecule has 4 nitrogen and oxygen atoms in total. The van der Waals surface area contributed by atoms with E-state index in [4.69, 9.17) is 0 Å². The topological polar surface area (TPSA) is 61.4 Å². The Morgan fingerprint density at radius 1 is 1.47 bits per heavy atom. The fourth-order valence-electron chi connectivity index (χ4n) is 1.39. The highest BCUT2D eigenvalue weighted by Crippen LogP contribution is 2.15. The van der Waals surface area contributed by atoms with Crippen LogP contribution < -0.4 is 10.6 Å². The Morgan fingerprint density at radius 2 is 2.16 bits per heavy atom. The molecule has 0 bridgehead atoms. The molecule has 7 heteroatoms. The van der Waals surface area contributed by atoms with Crippen molar-refractivity contribution in [1.29, 1.82) is 0 Å². The number of amides is 2. The van der Waals surface area contributed by atoms with E-state index < -0.39 is 23.3 Å². The lowest BCUT2D eigenvalue weighted by Gasteiger charge is -2.22. The van der Waals surface area contributed by atoms with Crippen LogP contribution in [0.25, 0.3) is 0 Å². The minimum Gasteiger partial charge on any atom is -0.387 e. The molecule has 1 rings (SSSR count). The summed E-state index contributed by atoms with van der Waals surface area (Å²) in [6, 6.07) is 2.19. The summed E-state index contributed by atoms with van der Waals surface area (Å²) in [6.07, 6.45) is 1.84. The molecular formula is C12H16F2N2O2S. The molecule has 3 N–H and O–H groups in total. The van der Waals surface area contributed by atoms with E-state index in [0.29, 0.717) is 11.8 Å². The Labute approximate surface area is 114 Å². The van der Waals surface area contributed by atoms with E-state index in [2.05, 4.69) is 10.6 Å². The Kier molecular flexibility index (Phi) is 5.56. The molecular weight excluding hydrogens is 274 g/mol. The second-order valence-electron chi connectivity index (χ2n) is 4.36. The number of thioether (sulfide) groups is 1. The highest BCUT2D eigenvalue weighted by Gasteiger charge is 2.20. The molecule has 106 valence electrons. The summed E-state index contributed by atoms with van der Waals surface area (Å²) in [7, 11) is 0. The molecule has 1 aromatic carbocycles. The molecule has 0 spiro atoms. The van der Waals surface area contributed by atoms with E-state index >= 15 is 0 Å². The number of carbonyl (C=O) groups excluding carboxylic acids is 1. The predicted octanol–water partition coefficient (Wildman–Crippen LogP) is 2.20. The zero-order valence-electron chi connectivity index (χ0n) is 10.7. The summed E-state index contributed by atoms with van der Waals surface area (Å²) < 4.78 is 25.9. The number of benzene rings is 1. The SMILES string of the molecule is CSCC(C)(O)CNC(=O)Nc1ccc(F)cc1F. The maximum atomic E-state index is 13.3. The van der Waals surface area contributed by atoms with Crippen molar-refractivity contribution in [3.63, 3.8) is 0 Å². The fourth-order valence-corrected chi connectivity index (χ4v) is 2.11. The average molecular weight is 290 g/mol. The van der Waals surface area contributed by atoms with Crippen LogP contribution in [0.1, 0.15) is 6.92 Å². The Bertz CT molecular complexity index is 455. The maximum Gasteiger partial charge on any atom is 0.319 e. The molecule has 0 fully saturated rings. The average Bonchev–Trinajstić information content (AvgIpc) is 2.30. The smallest absolute Gasteiger partial charge is 0.319 e. The molecule has 0 heterocycles. The van der Waals surface area contributed by atoms with Gasteiger partial charge in [-0.15, -0.1) is 0 Å². The minimum absolute atomic E-state index is 0.0302. The molecule has 1 aromatic rings. The third-order valence-corrected chi connectivity index (χ3v) is 3.17. The van der Waals surface area contributed by atoms with Crippen molar-refractivity contribution in [2.45, 2.75) is 12.5 Å². The van der Waals surface area contributed by atoms with Gasteiger partial charge in [0.2, 0.25) is 0 Å². The zero-order valence-corrected chi connectivity index (χ0v) is 11.5. The predicted molar refractivity (Wildman–Crippen MR) is 72.4 cm³/mol. The molecule has 1 atom stereocenters. The van der Waals surface area contributed by atoms with E-state index in [0.717, 1.165) is 12.1 Å². The van der Waals surface area contributed by atoms with E-state index in [1.165, 1.54) is 11.8 Å². The van der Waals surface area contributed by atoms with Crippen molar-refractivity contribution >= 4 is 23.5 Å². The summed E-state index contributed by atoms with van der Waals surface area (Å²) in [4.78, 5) is 11.5. The summed E-state index contributed by atoms with van der Waals surface area (Å²) in [5, 5.41) is 14.5. The monoisotopic (exact) mass is 290 g/mol. The highest BCUT2D eigenvalue weighted by atomic mass is 32.2. The molecule has 19 heavy (non-hydrogen) atoms. The van der Waals surface area contributed by atoms with E-state index in [9.17, 15) is 18.7 Å². The quantitative estimate of drug-likeness (QED) is 0.779. The first-order chi connectivity index (χ1) is 8.84. The molecule has 0 saturated carbocycles. The van der Waals surface area contributed by atoms with Crippen LogP contribution in [0.15, 0.2) is 18.2 Å². The van der Waals surface area contributed by atoms with Gasteiger partial charge in [-0.25, -0.2) is 13.6 Å². The number of urea groups is 1. The molecule has 0 saturated heterocycles. The summed E-state index contributed by atoms with van der Waals surface area (Å²) in [6.45, 7) is 1.62. The largest absolute Gasteiger partial charge is 0.387 e. The van der Waals surface area contributed by atoms with Gasteiger partial charge in [0.1, 0.15) is 11.6 Å². The Hall–Kier alpha value is -1.34. The van der Waals surface area contributed by atoms with Crippen LogP contribution in [0.5, 0.6) is 0 Å². The van der Waals surface area contributed by atoms with Crippen molar-refractivity contribution in [1.82, 2.24) is 5.32 Å². The number of aliphatic hydroxyl groups is 1. The van der Waals surface area contributed by atoms with Gasteiger partial charge < -0.3 is 15.7 Å². The molecule has 1 unspecified atom stereocenters. The van der Waals surface area contributed by atoms with Gasteiger partial charge in [0.05, 0.1) is 11.3 Å². The van der Waals surface area contributed by atoms with Gasteiger partial charge in [-0.3, -0.25) is 0 Å². The number of hydrogen-bond donors (Lipinski definition) is 3. The van der Waals surface area contributed by atoms with Crippen molar-refractivity contribution < 1.29 is 18.7 Å². The number of halogens is 2. The summed E-state index contributed by atoms with van der Waals surface area (Å²) in [5.74, 6) is -1.12. The lowest BCUT2D eigenvalue weighted by Crippen LogP contribution is -2.44. The van der Waals surface area contributed by atoms with Gasteiger partial charge in [-0.05, 0) is 25.3 Å². The first-order valence-corrected chi connectivity index (χ1v) is 6.95. The van der Waals surface area contributed by atoms with Crippen molar-refractivity contribution in [3.05, 3.63) is 29.8 Å². The zero-order chi connectivity index (χ0) is 14.5. The van der Waals surface area contributed by atoms with E-state index in [1.54, 1.807) is 6.92 Å². The minimum atomic E-state index is -1.04. The number of carbonyl (C=O) groups is 1. The molecule has 0 aliphatic carbocycles. The second kappa shape index (κ2) is 6.72. The molecule has 0 radical (unpaired) electrons. The molecule has 2 amide bonds. The number of anilines is 1. The van der Waals surface area contributed by atoms with Gasteiger partial charge in [-0.1, -0.05) is 0 Å². The lowest BCUT2D eigenvalue weighted by atomic mass is 10.1. The second-order valence-corrected chi connectivity index (χ2v) is 5.23. The van der Waals surface area contributed by atoms with Gasteiger partial charge in [0.15, 0.2) is 0 Å². The van der Waals surface area contributed by atoms with Gasteiger partial charge in [0.25, 0.3) is 0 Å². The standard InChI is InChI=1S/C12H16F2N2O2S/c1-12(18,7-19-2)6-15-11(17)16-10-4-3-8(13)5-9(10)14/h3-5,18H,6-7H2,1-2H3,(H2,15,16,17). The van der Waals surface area contributed by atoms with Crippen LogP contribution in [0.2, 0.25) is 0 Å². The third-order valence-electron chi connectivity index (χ3n) is 2.26. The van der Waals surface area contributed by atoms with Crippen LogP contribution in [-0.4, -0.2) is 35.3 Å². The van der Waals surface area contributed by atoms with Crippen molar-refractivity contribution in [3.8, 4) is 0 Å². The van der Waals surface area contributed by atoms with Crippen LogP contribution in [0.3, 0.4) is 0 Å². The number of nitrogens with one attached hydrogen (secondary N) is 2. The van der Waals surface area contributed by atoms with Crippen LogP contribution in [0, 0.1) is 11.6 Å². The van der Waals surface area contributed by atoms with Gasteiger partial charge in [-0.2, -0.15) is 11.8 Å². The van der Waals surface area contributed by atoms with Crippen LogP contribution in [-0.2, 0) is 0 Å². The van der Waals surface area contributed by atoms with Gasteiger partial charge >= 0.3 is 6.03 Å². The highest BCUT2D eigenvalue weighted by molar-refractivity contribution is 7.98. The maximum absolute atomic E-state index is 13.3. The number of rotatable bonds is 5. The first kappa shape index (κ1) is 15.7. The Morgan fingerprint density at radius 3 is 2.74 bits per heavy atom. The van der Waals surface area contributed by atoms with Crippen LogP contribution in [0.4, 0.5) is 19.3 Å². The van der Waals surface area contributed by atoms with Gasteiger partial charge in [0, 0.05) is 18.4 Å². The molecule has 0 aliphatic rings. The number of hydrogen-bond acceptors (Lipinski definition) is 3. The summed E-state index contributed by atoms with van der Waals surface area (Å²) in [5.41, 5.74) is -1.17. The lowest BCUT2D eigenvalue weighted by molar-refractivity contribution is 0.0876. The fraction of sp³-hybridized carbons (Fsp3) is 0.417. The molecule has 0 aromatic heterocycles. The van der Waals surface area contributed by atoms with E-state index in [-0.39, 0.29) is 12.2 Å². The molecule has 0 aliphatic heterocycles. The first-order valence-electron chi connectivity index (χ1n) is 5.55.